The molecule has 19 heavy (non-hydrogen) atoms. The molecule has 0 aliphatic heterocycles. The molecule has 0 radical (unpaired) electrons. The van der Waals surface area contributed by atoms with Crippen LogP contribution in [0.3, 0.4) is 0 Å². The number of H-pyrrole nitrogens is 2. The third-order valence-electron chi connectivity index (χ3n) is 3.49. The molecular formula is C14H12N4O. The molecule has 0 saturated carbocycles. The van der Waals surface area contributed by atoms with Crippen LogP contribution in [0.1, 0.15) is 0 Å². The molecule has 0 aliphatic carbocycles. The summed E-state index contributed by atoms with van der Waals surface area (Å²) in [5, 5.41) is 9.26. The fraction of sp³-hybridized carbons (Fsp3) is 0.0714. The number of hydrogen-bond acceptors (Lipinski definition) is 3. The van der Waals surface area contributed by atoms with Crippen LogP contribution in [-0.2, 0) is 0 Å². The van der Waals surface area contributed by atoms with Crippen molar-refractivity contribution in [3.05, 3.63) is 30.5 Å². The van der Waals surface area contributed by atoms with E-state index in [2.05, 4.69) is 15.2 Å². The zero-order chi connectivity index (χ0) is 13.0. The van der Waals surface area contributed by atoms with Crippen molar-refractivity contribution >= 4 is 38.4 Å². The summed E-state index contributed by atoms with van der Waals surface area (Å²) in [6.45, 7) is 0. The van der Waals surface area contributed by atoms with Crippen molar-refractivity contribution in [3.63, 3.8) is 0 Å². The van der Waals surface area contributed by atoms with E-state index in [1.54, 1.807) is 7.11 Å². The molecular weight excluding hydrogens is 240 g/mol. The second-order valence-corrected chi connectivity index (χ2v) is 4.56. The van der Waals surface area contributed by atoms with Gasteiger partial charge in [-0.3, -0.25) is 0 Å². The van der Waals surface area contributed by atoms with E-state index in [4.69, 9.17) is 10.5 Å². The highest BCUT2D eigenvalue weighted by atomic mass is 16.5. The monoisotopic (exact) mass is 252 g/mol. The number of hydrogen-bond donors (Lipinski definition) is 3. The predicted molar refractivity (Wildman–Crippen MR) is 76.4 cm³/mol. The van der Waals surface area contributed by atoms with Crippen LogP contribution in [0.25, 0.3) is 32.7 Å². The van der Waals surface area contributed by atoms with Crippen molar-refractivity contribution in [2.45, 2.75) is 0 Å². The molecule has 2 aromatic heterocycles. The van der Waals surface area contributed by atoms with Crippen molar-refractivity contribution in [1.29, 1.82) is 0 Å². The number of aromatic amines is 2. The van der Waals surface area contributed by atoms with Gasteiger partial charge in [0, 0.05) is 22.4 Å². The second-order valence-electron chi connectivity index (χ2n) is 4.56. The molecule has 0 unspecified atom stereocenters. The van der Waals surface area contributed by atoms with Gasteiger partial charge in [-0.05, 0) is 24.3 Å². The minimum absolute atomic E-state index is 0.686. The van der Waals surface area contributed by atoms with Crippen LogP contribution in [-0.4, -0.2) is 22.3 Å². The summed E-state index contributed by atoms with van der Waals surface area (Å²) in [6, 6.07) is 7.77. The number of rotatable bonds is 1. The Morgan fingerprint density at radius 1 is 1.26 bits per heavy atom. The first-order chi connectivity index (χ1) is 9.28. The number of nitrogens with zero attached hydrogens (tertiary/aromatic N) is 1. The molecule has 2 heterocycles. The second kappa shape index (κ2) is 3.41. The van der Waals surface area contributed by atoms with Crippen LogP contribution in [0.5, 0.6) is 5.75 Å². The molecule has 4 rings (SSSR count). The van der Waals surface area contributed by atoms with Crippen molar-refractivity contribution in [2.75, 3.05) is 12.8 Å². The van der Waals surface area contributed by atoms with E-state index in [1.807, 2.05) is 30.5 Å². The van der Waals surface area contributed by atoms with Crippen molar-refractivity contribution in [3.8, 4) is 5.75 Å². The number of anilines is 1. The Kier molecular flexibility index (Phi) is 1.84. The van der Waals surface area contributed by atoms with Crippen LogP contribution < -0.4 is 10.5 Å². The van der Waals surface area contributed by atoms with Crippen LogP contribution in [0, 0.1) is 0 Å². The van der Waals surface area contributed by atoms with Gasteiger partial charge in [-0.1, -0.05) is 0 Å². The third kappa shape index (κ3) is 1.26. The minimum Gasteiger partial charge on any atom is -0.497 e. The van der Waals surface area contributed by atoms with Crippen molar-refractivity contribution in [1.82, 2.24) is 15.2 Å². The summed E-state index contributed by atoms with van der Waals surface area (Å²) in [5.74, 6) is 0.813. The number of nitrogen functional groups attached to an aromatic ring is 1. The summed E-state index contributed by atoms with van der Waals surface area (Å²) in [6.07, 6.45) is 1.89. The Hall–Kier alpha value is -2.69. The highest BCUT2D eigenvalue weighted by molar-refractivity contribution is 6.22. The number of nitrogens with one attached hydrogen (secondary N) is 2. The van der Waals surface area contributed by atoms with Gasteiger partial charge in [-0.15, -0.1) is 0 Å². The Balaban J connectivity index is 2.30. The Labute approximate surface area is 108 Å². The van der Waals surface area contributed by atoms with E-state index in [1.165, 1.54) is 0 Å². The lowest BCUT2D eigenvalue weighted by molar-refractivity contribution is 0.415. The van der Waals surface area contributed by atoms with Crippen LogP contribution in [0.15, 0.2) is 30.5 Å². The molecule has 0 aliphatic rings. The largest absolute Gasteiger partial charge is 0.497 e. The molecule has 0 fully saturated rings. The highest BCUT2D eigenvalue weighted by Crippen LogP contribution is 2.36. The number of nitrogens with two attached hydrogens (primary N) is 1. The van der Waals surface area contributed by atoms with Gasteiger partial charge in [0.25, 0.3) is 0 Å². The van der Waals surface area contributed by atoms with E-state index in [-0.39, 0.29) is 0 Å². The lowest BCUT2D eigenvalue weighted by Crippen LogP contribution is -1.86. The van der Waals surface area contributed by atoms with Gasteiger partial charge in [-0.2, -0.15) is 0 Å². The lowest BCUT2D eigenvalue weighted by Gasteiger charge is -2.00. The molecule has 0 amide bonds. The third-order valence-corrected chi connectivity index (χ3v) is 3.49. The van der Waals surface area contributed by atoms with Crippen molar-refractivity contribution < 1.29 is 4.74 Å². The van der Waals surface area contributed by atoms with Gasteiger partial charge in [-0.25, -0.2) is 4.98 Å². The summed E-state index contributed by atoms with van der Waals surface area (Å²) < 4.78 is 5.29. The number of ether oxygens (including phenoxy) is 1. The van der Waals surface area contributed by atoms with E-state index < -0.39 is 0 Å². The molecule has 0 bridgehead atoms. The van der Waals surface area contributed by atoms with Crippen molar-refractivity contribution in [2.24, 2.45) is 0 Å². The Morgan fingerprint density at radius 2 is 2.16 bits per heavy atom. The molecule has 2 aromatic carbocycles. The average molecular weight is 252 g/mol. The van der Waals surface area contributed by atoms with Gasteiger partial charge in [0.15, 0.2) is 0 Å². The molecule has 5 heteroatoms. The van der Waals surface area contributed by atoms with Crippen LogP contribution in [0.4, 0.5) is 5.69 Å². The average Bonchev–Trinajstić information content (AvgIpc) is 3.01. The first kappa shape index (κ1) is 10.3. The lowest BCUT2D eigenvalue weighted by atomic mass is 10.1. The normalized spacial score (nSPS) is 11.6. The van der Waals surface area contributed by atoms with Gasteiger partial charge < -0.3 is 20.7 Å². The first-order valence-electron chi connectivity index (χ1n) is 5.99. The summed E-state index contributed by atoms with van der Waals surface area (Å²) in [4.78, 5) is 4.61. The Morgan fingerprint density at radius 3 is 3.00 bits per heavy atom. The fourth-order valence-corrected chi connectivity index (χ4v) is 2.59. The smallest absolute Gasteiger partial charge is 0.119 e. The van der Waals surface area contributed by atoms with Crippen LogP contribution in [0.2, 0.25) is 0 Å². The predicted octanol–water partition coefficient (Wildman–Crippen LogP) is 2.79. The van der Waals surface area contributed by atoms with Crippen LogP contribution >= 0.6 is 0 Å². The highest BCUT2D eigenvalue weighted by Gasteiger charge is 2.13. The number of benzene rings is 2. The number of methoxy groups -OCH3 is 1. The standard InChI is InChI=1S/C14H12N4O/c1-19-8-2-3-11-9(5-8)12-13-7(6-16-18-13)4-10(15)14(12)17-11/h2-6,16,18H,15H2,1H3. The SMILES string of the molecule is COc1ccc2nc3c(N)cc4c[nH][nH]c4c3c2c1. The minimum atomic E-state index is 0.686. The first-order valence-corrected chi connectivity index (χ1v) is 5.99. The number of fused-ring (bicyclic) bond motifs is 5. The molecule has 94 valence electrons. The molecule has 0 saturated heterocycles. The molecule has 0 spiro atoms. The summed E-state index contributed by atoms with van der Waals surface area (Å²) >= 11 is 0. The molecule has 5 nitrogen and oxygen atoms in total. The number of aromatic nitrogens is 3. The van der Waals surface area contributed by atoms with Gasteiger partial charge in [0.2, 0.25) is 0 Å². The quantitative estimate of drug-likeness (QED) is 0.456. The maximum Gasteiger partial charge on any atom is 0.119 e. The fourth-order valence-electron chi connectivity index (χ4n) is 2.59. The maximum atomic E-state index is 6.09. The van der Waals surface area contributed by atoms with Gasteiger partial charge >= 0.3 is 0 Å². The van der Waals surface area contributed by atoms with E-state index >= 15 is 0 Å². The van der Waals surface area contributed by atoms with E-state index in [9.17, 15) is 0 Å². The zero-order valence-corrected chi connectivity index (χ0v) is 10.3. The zero-order valence-electron chi connectivity index (χ0n) is 10.3. The van der Waals surface area contributed by atoms with Gasteiger partial charge in [0.1, 0.15) is 5.75 Å². The Bertz CT molecular complexity index is 919. The summed E-state index contributed by atoms with van der Waals surface area (Å²) in [5.41, 5.74) is 9.54. The molecule has 4 N–H and O–H groups in total. The molecule has 4 aromatic rings. The van der Waals surface area contributed by atoms with E-state index in [0.717, 1.165) is 38.5 Å². The summed E-state index contributed by atoms with van der Waals surface area (Å²) in [7, 11) is 1.66. The van der Waals surface area contributed by atoms with E-state index in [0.29, 0.717) is 5.69 Å². The van der Waals surface area contributed by atoms with Gasteiger partial charge in [0.05, 0.1) is 29.3 Å². The molecule has 0 atom stereocenters. The maximum absolute atomic E-state index is 6.09. The topological polar surface area (TPSA) is 79.7 Å².